The molecule has 0 bridgehead atoms. The molecular formula is C13H24O5. The molecule has 0 amide bonds. The van der Waals surface area contributed by atoms with Crippen LogP contribution in [0.2, 0.25) is 0 Å². The van der Waals surface area contributed by atoms with Gasteiger partial charge in [0.15, 0.2) is 5.79 Å². The third-order valence-corrected chi connectivity index (χ3v) is 2.46. The molecular weight excluding hydrogens is 236 g/mol. The number of carbonyl (C=O) groups excluding carboxylic acids is 1. The van der Waals surface area contributed by atoms with Crippen molar-refractivity contribution in [2.24, 2.45) is 5.41 Å². The van der Waals surface area contributed by atoms with E-state index in [-0.39, 0.29) is 24.1 Å². The van der Waals surface area contributed by atoms with Crippen molar-refractivity contribution in [1.29, 1.82) is 0 Å². The van der Waals surface area contributed by atoms with Gasteiger partial charge < -0.3 is 19.3 Å². The minimum Gasteiger partial charge on any atom is -0.436 e. The first kappa shape index (κ1) is 15.4. The van der Waals surface area contributed by atoms with Crippen molar-refractivity contribution < 1.29 is 24.1 Å². The van der Waals surface area contributed by atoms with Crippen molar-refractivity contribution in [3.63, 3.8) is 0 Å². The van der Waals surface area contributed by atoms with Crippen molar-refractivity contribution in [1.82, 2.24) is 0 Å². The molecule has 0 spiro atoms. The van der Waals surface area contributed by atoms with Crippen LogP contribution in [0.15, 0.2) is 0 Å². The van der Waals surface area contributed by atoms with Gasteiger partial charge in [0, 0.05) is 6.42 Å². The fourth-order valence-electron chi connectivity index (χ4n) is 1.86. The van der Waals surface area contributed by atoms with E-state index in [2.05, 4.69) is 0 Å². The van der Waals surface area contributed by atoms with Crippen molar-refractivity contribution in [2.75, 3.05) is 6.61 Å². The van der Waals surface area contributed by atoms with Gasteiger partial charge in [0.2, 0.25) is 6.29 Å². The van der Waals surface area contributed by atoms with Crippen LogP contribution in [0.4, 0.5) is 0 Å². The fraction of sp³-hybridized carbons (Fsp3) is 0.923. The first-order chi connectivity index (χ1) is 8.11. The summed E-state index contributed by atoms with van der Waals surface area (Å²) in [6.45, 7) is 9.28. The molecule has 0 saturated carbocycles. The topological polar surface area (TPSA) is 65.0 Å². The molecule has 106 valence electrons. The maximum atomic E-state index is 11.7. The summed E-state index contributed by atoms with van der Waals surface area (Å²) in [5.41, 5.74) is -0.117. The Balaban J connectivity index is 2.53. The van der Waals surface area contributed by atoms with Gasteiger partial charge in [-0.05, 0) is 19.3 Å². The molecule has 1 N–H and O–H groups in total. The van der Waals surface area contributed by atoms with Gasteiger partial charge >= 0.3 is 5.97 Å². The number of esters is 1. The van der Waals surface area contributed by atoms with E-state index in [1.54, 1.807) is 13.8 Å². The van der Waals surface area contributed by atoms with Gasteiger partial charge in [0.1, 0.15) is 0 Å². The highest BCUT2D eigenvalue weighted by atomic mass is 16.8. The minimum absolute atomic E-state index is 0.111. The van der Waals surface area contributed by atoms with Crippen LogP contribution in [0.5, 0.6) is 0 Å². The van der Waals surface area contributed by atoms with E-state index >= 15 is 0 Å². The van der Waals surface area contributed by atoms with Gasteiger partial charge in [-0.15, -0.1) is 0 Å². The second-order valence-corrected chi connectivity index (χ2v) is 6.33. The van der Waals surface area contributed by atoms with E-state index in [1.165, 1.54) is 0 Å². The second kappa shape index (κ2) is 5.55. The number of aliphatic hydroxyl groups is 1. The van der Waals surface area contributed by atoms with Crippen LogP contribution in [0.3, 0.4) is 0 Å². The maximum Gasteiger partial charge on any atom is 0.308 e. The van der Waals surface area contributed by atoms with E-state index in [9.17, 15) is 4.79 Å². The minimum atomic E-state index is -0.849. The third kappa shape index (κ3) is 5.33. The smallest absolute Gasteiger partial charge is 0.308 e. The quantitative estimate of drug-likeness (QED) is 0.784. The standard InChI is InChI=1S/C13H24O5/c1-12(2,3)7-10(15)16-11-6-9(8-14)17-13(4,5)18-11/h9,11,14H,6-8H2,1-5H3. The average molecular weight is 260 g/mol. The van der Waals surface area contributed by atoms with Crippen LogP contribution in [0.1, 0.15) is 47.5 Å². The molecule has 1 aliphatic rings. The summed E-state index contributed by atoms with van der Waals surface area (Å²) in [4.78, 5) is 11.7. The summed E-state index contributed by atoms with van der Waals surface area (Å²) in [6.07, 6.45) is -0.324. The molecule has 2 atom stereocenters. The highest BCUT2D eigenvalue weighted by Gasteiger charge is 2.37. The van der Waals surface area contributed by atoms with Gasteiger partial charge in [-0.3, -0.25) is 4.79 Å². The monoisotopic (exact) mass is 260 g/mol. The number of hydrogen-bond acceptors (Lipinski definition) is 5. The highest BCUT2D eigenvalue weighted by Crippen LogP contribution is 2.28. The van der Waals surface area contributed by atoms with Crippen molar-refractivity contribution in [2.45, 2.75) is 65.6 Å². The Hall–Kier alpha value is -0.650. The molecule has 0 aromatic rings. The zero-order valence-electron chi connectivity index (χ0n) is 11.9. The second-order valence-electron chi connectivity index (χ2n) is 6.33. The summed E-state index contributed by atoms with van der Waals surface area (Å²) in [6, 6.07) is 0. The summed E-state index contributed by atoms with van der Waals surface area (Å²) >= 11 is 0. The van der Waals surface area contributed by atoms with Gasteiger partial charge in [-0.25, -0.2) is 0 Å². The Morgan fingerprint density at radius 3 is 2.50 bits per heavy atom. The number of carbonyl (C=O) groups is 1. The Morgan fingerprint density at radius 2 is 2.00 bits per heavy atom. The van der Waals surface area contributed by atoms with Crippen LogP contribution in [0, 0.1) is 5.41 Å². The van der Waals surface area contributed by atoms with E-state index in [0.717, 1.165) is 0 Å². The lowest BCUT2D eigenvalue weighted by Gasteiger charge is -2.39. The summed E-state index contributed by atoms with van der Waals surface area (Å²) in [5.74, 6) is -1.14. The molecule has 1 heterocycles. The normalized spacial score (nSPS) is 27.9. The van der Waals surface area contributed by atoms with E-state index in [4.69, 9.17) is 19.3 Å². The molecule has 5 nitrogen and oxygen atoms in total. The Kier molecular flexibility index (Phi) is 4.75. The highest BCUT2D eigenvalue weighted by molar-refractivity contribution is 5.70. The van der Waals surface area contributed by atoms with E-state index in [0.29, 0.717) is 12.8 Å². The largest absolute Gasteiger partial charge is 0.436 e. The Bertz CT molecular complexity index is 292. The van der Waals surface area contributed by atoms with Crippen LogP contribution < -0.4 is 0 Å². The number of hydrogen-bond donors (Lipinski definition) is 1. The zero-order chi connectivity index (χ0) is 14.0. The van der Waals surface area contributed by atoms with Crippen LogP contribution >= 0.6 is 0 Å². The first-order valence-electron chi connectivity index (χ1n) is 6.27. The molecule has 1 aliphatic heterocycles. The molecule has 18 heavy (non-hydrogen) atoms. The fourth-order valence-corrected chi connectivity index (χ4v) is 1.86. The van der Waals surface area contributed by atoms with Crippen molar-refractivity contribution >= 4 is 5.97 Å². The molecule has 0 aromatic heterocycles. The van der Waals surface area contributed by atoms with E-state index in [1.807, 2.05) is 20.8 Å². The van der Waals surface area contributed by atoms with Crippen molar-refractivity contribution in [3.8, 4) is 0 Å². The lowest BCUT2D eigenvalue weighted by Crippen LogP contribution is -2.47. The SMILES string of the molecule is CC(C)(C)CC(=O)OC1CC(CO)OC(C)(C)O1. The van der Waals surface area contributed by atoms with Gasteiger partial charge in [-0.2, -0.15) is 0 Å². The predicted octanol–water partition coefficient (Wildman–Crippen LogP) is 1.83. The van der Waals surface area contributed by atoms with Crippen LogP contribution in [-0.2, 0) is 19.0 Å². The maximum absolute atomic E-state index is 11.7. The zero-order valence-corrected chi connectivity index (χ0v) is 11.9. The summed E-state index contributed by atoms with van der Waals surface area (Å²) in [5, 5.41) is 9.14. The molecule has 0 aliphatic carbocycles. The lowest BCUT2D eigenvalue weighted by atomic mass is 9.92. The summed E-state index contributed by atoms with van der Waals surface area (Å²) in [7, 11) is 0. The number of rotatable bonds is 3. The third-order valence-electron chi connectivity index (χ3n) is 2.46. The molecule has 5 heteroatoms. The molecule has 2 unspecified atom stereocenters. The molecule has 0 radical (unpaired) electrons. The lowest BCUT2D eigenvalue weighted by molar-refractivity contribution is -0.346. The average Bonchev–Trinajstić information content (AvgIpc) is 2.11. The predicted molar refractivity (Wildman–Crippen MR) is 65.7 cm³/mol. The van der Waals surface area contributed by atoms with Gasteiger partial charge in [-0.1, -0.05) is 20.8 Å². The number of ether oxygens (including phenoxy) is 3. The molecule has 1 rings (SSSR count). The number of aliphatic hydroxyl groups excluding tert-OH is 1. The Morgan fingerprint density at radius 1 is 1.39 bits per heavy atom. The Labute approximate surface area is 108 Å². The van der Waals surface area contributed by atoms with Gasteiger partial charge in [0.05, 0.1) is 19.1 Å². The van der Waals surface area contributed by atoms with Crippen LogP contribution in [0.25, 0.3) is 0 Å². The molecule has 1 fully saturated rings. The van der Waals surface area contributed by atoms with E-state index < -0.39 is 12.1 Å². The first-order valence-corrected chi connectivity index (χ1v) is 6.27. The summed E-state index contributed by atoms with van der Waals surface area (Å²) < 4.78 is 16.3. The van der Waals surface area contributed by atoms with Crippen LogP contribution in [-0.4, -0.2) is 35.9 Å². The van der Waals surface area contributed by atoms with Crippen molar-refractivity contribution in [3.05, 3.63) is 0 Å². The van der Waals surface area contributed by atoms with Gasteiger partial charge in [0.25, 0.3) is 0 Å². The molecule has 0 aromatic carbocycles. The molecule has 1 saturated heterocycles.